The third-order valence-electron chi connectivity index (χ3n) is 0.994. The van der Waals surface area contributed by atoms with Gasteiger partial charge in [-0.3, -0.25) is 0 Å². The Morgan fingerprint density at radius 1 is 1.30 bits per heavy atom. The fraction of sp³-hybridized carbons (Fsp3) is 0.500. The molecule has 0 saturated carbocycles. The van der Waals surface area contributed by atoms with E-state index in [2.05, 4.69) is 23.7 Å². The van der Waals surface area contributed by atoms with E-state index < -0.39 is 0 Å². The van der Waals surface area contributed by atoms with Crippen molar-refractivity contribution < 1.29 is 0 Å². The molecular weight excluding hydrogens is 120 g/mol. The molecule has 0 amide bonds. The second-order valence-corrected chi connectivity index (χ2v) is 2.04. The van der Waals surface area contributed by atoms with Crippen LogP contribution in [0.5, 0.6) is 0 Å². The summed E-state index contributed by atoms with van der Waals surface area (Å²) in [5.41, 5.74) is 0. The highest BCUT2D eigenvalue weighted by atomic mass is 13.9. The van der Waals surface area contributed by atoms with Gasteiger partial charge in [0.1, 0.15) is 0 Å². The summed E-state index contributed by atoms with van der Waals surface area (Å²) < 4.78 is 0. The summed E-state index contributed by atoms with van der Waals surface area (Å²) in [7, 11) is 0. The van der Waals surface area contributed by atoms with E-state index in [0.717, 1.165) is 18.8 Å². The summed E-state index contributed by atoms with van der Waals surface area (Å²) in [5, 5.41) is 0. The molecule has 0 aliphatic rings. The summed E-state index contributed by atoms with van der Waals surface area (Å²) in [5.74, 6) is 13.0. The zero-order valence-corrected chi connectivity index (χ0v) is 6.91. The molecule has 0 N–H and O–H groups in total. The fourth-order valence-electron chi connectivity index (χ4n) is 0.578. The van der Waals surface area contributed by atoms with E-state index in [4.69, 9.17) is 0 Å². The minimum absolute atomic E-state index is 0.828. The molecule has 0 heterocycles. The van der Waals surface area contributed by atoms with Crippen LogP contribution in [-0.4, -0.2) is 0 Å². The highest BCUT2D eigenvalue weighted by molar-refractivity contribution is 5.22. The second-order valence-electron chi connectivity index (χ2n) is 2.04. The van der Waals surface area contributed by atoms with Crippen molar-refractivity contribution in [1.29, 1.82) is 0 Å². The first-order chi connectivity index (χ1) is 4.81. The van der Waals surface area contributed by atoms with E-state index >= 15 is 0 Å². The molecule has 0 unspecified atom stereocenters. The van der Waals surface area contributed by atoms with Crippen molar-refractivity contribution in [3.8, 4) is 23.7 Å². The number of hydrogen-bond acceptors (Lipinski definition) is 0. The highest BCUT2D eigenvalue weighted by Gasteiger charge is 1.91. The molecule has 0 rings (SSSR count). The highest BCUT2D eigenvalue weighted by Crippen LogP contribution is 1.99. The van der Waals surface area contributed by atoms with E-state index in [0.29, 0.717) is 0 Å². The average molecular weight is 133 g/mol. The van der Waals surface area contributed by atoms with Gasteiger partial charge in [0.2, 0.25) is 0 Å². The van der Waals surface area contributed by atoms with Crippen molar-refractivity contribution >= 4 is 0 Å². The lowest BCUT2D eigenvalue weighted by molar-refractivity contribution is 1.12. The van der Waals surface area contributed by atoms with Crippen LogP contribution < -0.4 is 0 Å². The van der Waals surface area contributed by atoms with Crippen LogP contribution in [0.1, 0.15) is 33.6 Å². The smallest absolute Gasteiger partial charge is 0.0567 e. The normalized spacial score (nSPS) is 7.60. The summed E-state index contributed by atoms with van der Waals surface area (Å²) >= 11 is 0. The van der Waals surface area contributed by atoms with Crippen molar-refractivity contribution in [2.75, 3.05) is 0 Å². The van der Waals surface area contributed by atoms with Crippen molar-refractivity contribution in [3.05, 3.63) is 5.92 Å². The molecule has 0 aromatic carbocycles. The summed E-state index contributed by atoms with van der Waals surface area (Å²) in [6, 6.07) is 0. The second kappa shape index (κ2) is 6.24. The van der Waals surface area contributed by atoms with Gasteiger partial charge in [0.15, 0.2) is 0 Å². The van der Waals surface area contributed by atoms with E-state index in [1.807, 2.05) is 20.8 Å². The van der Waals surface area contributed by atoms with Gasteiger partial charge in [-0.1, -0.05) is 12.8 Å². The van der Waals surface area contributed by atoms with Gasteiger partial charge in [0.25, 0.3) is 0 Å². The maximum atomic E-state index is 3.03. The van der Waals surface area contributed by atoms with E-state index in [-0.39, 0.29) is 0 Å². The molecule has 0 bridgehead atoms. The Labute approximate surface area is 64.0 Å². The van der Waals surface area contributed by atoms with Crippen molar-refractivity contribution in [2.24, 2.45) is 0 Å². The first-order valence-corrected chi connectivity index (χ1v) is 3.52. The van der Waals surface area contributed by atoms with Crippen LogP contribution in [0, 0.1) is 29.6 Å². The van der Waals surface area contributed by atoms with Crippen LogP contribution in [-0.2, 0) is 0 Å². The number of hydrogen-bond donors (Lipinski definition) is 0. The molecule has 0 aromatic heterocycles. The van der Waals surface area contributed by atoms with Gasteiger partial charge < -0.3 is 0 Å². The minimum Gasteiger partial charge on any atom is -0.106 e. The van der Waals surface area contributed by atoms with E-state index in [1.165, 1.54) is 0 Å². The summed E-state index contributed by atoms with van der Waals surface area (Å²) in [4.78, 5) is 0. The molecule has 0 aliphatic heterocycles. The molecule has 0 aliphatic carbocycles. The maximum absolute atomic E-state index is 3.03. The third-order valence-corrected chi connectivity index (χ3v) is 0.994. The summed E-state index contributed by atoms with van der Waals surface area (Å²) in [6.07, 6.45) is 1.77. The molecule has 0 aromatic rings. The Balaban J connectivity index is 3.55. The Kier molecular flexibility index (Phi) is 5.69. The molecule has 0 nitrogen and oxygen atoms in total. The van der Waals surface area contributed by atoms with Crippen LogP contribution in [0.2, 0.25) is 0 Å². The lowest BCUT2D eigenvalue weighted by Gasteiger charge is -1.91. The van der Waals surface area contributed by atoms with Crippen LogP contribution >= 0.6 is 0 Å². The largest absolute Gasteiger partial charge is 0.106 e. The standard InChI is InChI=1S/C10H13/c1-4-6-7-9-10(3)8-5-2/h4,9H2,1-3H3. The van der Waals surface area contributed by atoms with Crippen molar-refractivity contribution in [1.82, 2.24) is 0 Å². The van der Waals surface area contributed by atoms with Gasteiger partial charge in [0, 0.05) is 12.8 Å². The van der Waals surface area contributed by atoms with Gasteiger partial charge in [-0.25, -0.2) is 0 Å². The van der Waals surface area contributed by atoms with Crippen LogP contribution in [0.15, 0.2) is 0 Å². The van der Waals surface area contributed by atoms with Crippen molar-refractivity contribution in [3.63, 3.8) is 0 Å². The lowest BCUT2D eigenvalue weighted by Crippen LogP contribution is -1.82. The molecule has 0 atom stereocenters. The van der Waals surface area contributed by atoms with Crippen LogP contribution in [0.25, 0.3) is 0 Å². The zero-order chi connectivity index (χ0) is 7.82. The predicted molar refractivity (Wildman–Crippen MR) is 45.1 cm³/mol. The minimum atomic E-state index is 0.828. The van der Waals surface area contributed by atoms with Crippen molar-refractivity contribution in [2.45, 2.75) is 33.6 Å². The van der Waals surface area contributed by atoms with E-state index in [9.17, 15) is 0 Å². The Hall–Kier alpha value is -0.880. The Bertz CT molecular complexity index is 180. The van der Waals surface area contributed by atoms with E-state index in [1.54, 1.807) is 0 Å². The Morgan fingerprint density at radius 2 is 2.00 bits per heavy atom. The van der Waals surface area contributed by atoms with Gasteiger partial charge in [-0.05, 0) is 13.8 Å². The van der Waals surface area contributed by atoms with Crippen LogP contribution in [0.3, 0.4) is 0 Å². The quantitative estimate of drug-likeness (QED) is 0.482. The molecule has 0 spiro atoms. The monoisotopic (exact) mass is 133 g/mol. The van der Waals surface area contributed by atoms with Crippen LogP contribution in [0.4, 0.5) is 0 Å². The third kappa shape index (κ3) is 5.26. The summed E-state index contributed by atoms with van der Waals surface area (Å²) in [6.45, 7) is 5.91. The van der Waals surface area contributed by atoms with Gasteiger partial charge in [0.05, 0.1) is 5.92 Å². The molecule has 0 saturated heterocycles. The fourth-order valence-corrected chi connectivity index (χ4v) is 0.578. The van der Waals surface area contributed by atoms with Gasteiger partial charge >= 0.3 is 0 Å². The molecular formula is C10H13. The number of rotatable bonds is 1. The molecule has 0 heteroatoms. The lowest BCUT2D eigenvalue weighted by atomic mass is 10.1. The zero-order valence-electron chi connectivity index (χ0n) is 6.91. The maximum Gasteiger partial charge on any atom is 0.0567 e. The SMILES string of the molecule is CC#C[C](C)CC#CCC. The Morgan fingerprint density at radius 3 is 2.50 bits per heavy atom. The molecule has 0 fully saturated rings. The average Bonchev–Trinajstić information content (AvgIpc) is 1.89. The molecule has 10 heavy (non-hydrogen) atoms. The van der Waals surface area contributed by atoms with Gasteiger partial charge in [-0.15, -0.1) is 17.8 Å². The first kappa shape index (κ1) is 9.12. The molecule has 53 valence electrons. The topological polar surface area (TPSA) is 0 Å². The van der Waals surface area contributed by atoms with Gasteiger partial charge in [-0.2, -0.15) is 0 Å². The predicted octanol–water partition coefficient (Wildman–Crippen LogP) is 2.41. The molecule has 1 radical (unpaired) electrons. The first-order valence-electron chi connectivity index (χ1n) is 3.52.